The number of benzene rings is 2. The van der Waals surface area contributed by atoms with E-state index in [1.54, 1.807) is 24.3 Å². The minimum absolute atomic E-state index is 0.248. The predicted octanol–water partition coefficient (Wildman–Crippen LogP) is 4.05. The minimum atomic E-state index is -0.460. The van der Waals surface area contributed by atoms with Crippen LogP contribution in [-0.4, -0.2) is 19.1 Å². The van der Waals surface area contributed by atoms with Crippen molar-refractivity contribution >= 4 is 33.4 Å². The normalized spacial score (nSPS) is 10.2. The predicted molar refractivity (Wildman–Crippen MR) is 83.4 cm³/mol. The first-order valence-electron chi connectivity index (χ1n) is 6.18. The van der Waals surface area contributed by atoms with Crippen LogP contribution in [0.1, 0.15) is 10.4 Å². The lowest BCUT2D eigenvalue weighted by Gasteiger charge is -2.09. The third-order valence-corrected chi connectivity index (χ3v) is 3.55. The molecule has 0 heterocycles. The highest BCUT2D eigenvalue weighted by atomic mass is 79.9. The van der Waals surface area contributed by atoms with Crippen LogP contribution in [0.25, 0.3) is 0 Å². The van der Waals surface area contributed by atoms with Crippen LogP contribution >= 0.6 is 27.5 Å². The Hall–Kier alpha value is -1.59. The number of halogens is 3. The van der Waals surface area contributed by atoms with Crippen molar-refractivity contribution in [3.05, 3.63) is 63.3 Å². The van der Waals surface area contributed by atoms with Crippen molar-refractivity contribution in [3.63, 3.8) is 0 Å². The molecule has 21 heavy (non-hydrogen) atoms. The molecule has 3 nitrogen and oxygen atoms in total. The highest BCUT2D eigenvalue weighted by Gasteiger charge is 2.10. The maximum absolute atomic E-state index is 13.1. The van der Waals surface area contributed by atoms with Crippen LogP contribution in [0.4, 0.5) is 4.39 Å². The molecule has 0 saturated heterocycles. The second-order valence-corrected chi connectivity index (χ2v) is 5.48. The van der Waals surface area contributed by atoms with Crippen LogP contribution in [0.5, 0.6) is 5.75 Å². The molecule has 0 fully saturated rings. The monoisotopic (exact) mass is 371 g/mol. The number of ether oxygens (including phenoxy) is 1. The lowest BCUT2D eigenvalue weighted by molar-refractivity contribution is 0.0945. The quantitative estimate of drug-likeness (QED) is 0.804. The van der Waals surface area contributed by atoms with Gasteiger partial charge in [-0.2, -0.15) is 0 Å². The fraction of sp³-hybridized carbons (Fsp3) is 0.133. The summed E-state index contributed by atoms with van der Waals surface area (Å²) < 4.78 is 19.1. The summed E-state index contributed by atoms with van der Waals surface area (Å²) in [4.78, 5) is 11.9. The number of amides is 1. The van der Waals surface area contributed by atoms with Gasteiger partial charge in [-0.25, -0.2) is 4.39 Å². The summed E-state index contributed by atoms with van der Waals surface area (Å²) in [6.45, 7) is 0.591. The number of rotatable bonds is 5. The Morgan fingerprint density at radius 3 is 2.86 bits per heavy atom. The summed E-state index contributed by atoms with van der Waals surface area (Å²) in [6.07, 6.45) is 0. The van der Waals surface area contributed by atoms with Gasteiger partial charge in [0.15, 0.2) is 0 Å². The first kappa shape index (κ1) is 15.8. The highest BCUT2D eigenvalue weighted by Crippen LogP contribution is 2.18. The van der Waals surface area contributed by atoms with Gasteiger partial charge in [0.05, 0.1) is 12.1 Å². The van der Waals surface area contributed by atoms with E-state index in [0.717, 1.165) is 0 Å². The van der Waals surface area contributed by atoms with E-state index < -0.39 is 5.82 Å². The molecular weight excluding hydrogens is 361 g/mol. The molecule has 0 spiro atoms. The number of hydrogen-bond acceptors (Lipinski definition) is 2. The van der Waals surface area contributed by atoms with Gasteiger partial charge in [-0.3, -0.25) is 4.79 Å². The van der Waals surface area contributed by atoms with E-state index >= 15 is 0 Å². The molecular formula is C15H12BrClFNO2. The van der Waals surface area contributed by atoms with Crippen molar-refractivity contribution in [2.45, 2.75) is 0 Å². The van der Waals surface area contributed by atoms with E-state index in [1.165, 1.54) is 18.2 Å². The molecule has 2 aromatic rings. The van der Waals surface area contributed by atoms with E-state index in [4.69, 9.17) is 16.3 Å². The van der Waals surface area contributed by atoms with Crippen molar-refractivity contribution in [2.75, 3.05) is 13.2 Å². The van der Waals surface area contributed by atoms with Crippen LogP contribution in [0, 0.1) is 5.82 Å². The fourth-order valence-electron chi connectivity index (χ4n) is 1.66. The van der Waals surface area contributed by atoms with Gasteiger partial charge < -0.3 is 10.1 Å². The summed E-state index contributed by atoms with van der Waals surface area (Å²) in [7, 11) is 0. The Bertz CT molecular complexity index is 651. The Morgan fingerprint density at radius 1 is 1.29 bits per heavy atom. The van der Waals surface area contributed by atoms with Crippen molar-refractivity contribution in [3.8, 4) is 5.75 Å². The number of nitrogens with one attached hydrogen (secondary N) is 1. The first-order valence-corrected chi connectivity index (χ1v) is 7.35. The topological polar surface area (TPSA) is 38.3 Å². The zero-order valence-electron chi connectivity index (χ0n) is 10.9. The van der Waals surface area contributed by atoms with Crippen LogP contribution in [-0.2, 0) is 0 Å². The van der Waals surface area contributed by atoms with Gasteiger partial charge in [0, 0.05) is 9.50 Å². The first-order chi connectivity index (χ1) is 10.1. The second-order valence-electron chi connectivity index (χ2n) is 4.19. The molecule has 0 aliphatic rings. The summed E-state index contributed by atoms with van der Waals surface area (Å²) in [5, 5.41) is 3.24. The van der Waals surface area contributed by atoms with E-state index in [-0.39, 0.29) is 11.5 Å². The summed E-state index contributed by atoms with van der Waals surface area (Å²) in [5.41, 5.74) is 0.248. The lowest BCUT2D eigenvalue weighted by Crippen LogP contribution is -2.28. The third-order valence-electron chi connectivity index (χ3n) is 2.63. The van der Waals surface area contributed by atoms with Gasteiger partial charge in [-0.05, 0) is 52.3 Å². The van der Waals surface area contributed by atoms with Gasteiger partial charge in [-0.1, -0.05) is 17.7 Å². The Balaban J connectivity index is 1.83. The van der Waals surface area contributed by atoms with Gasteiger partial charge in [-0.15, -0.1) is 0 Å². The second kappa shape index (κ2) is 7.43. The summed E-state index contributed by atoms with van der Waals surface area (Å²) >= 11 is 9.04. The Kier molecular flexibility index (Phi) is 5.59. The largest absolute Gasteiger partial charge is 0.492 e. The molecule has 0 bridgehead atoms. The highest BCUT2D eigenvalue weighted by molar-refractivity contribution is 9.10. The molecule has 0 saturated carbocycles. The lowest BCUT2D eigenvalue weighted by atomic mass is 10.2. The summed E-state index contributed by atoms with van der Waals surface area (Å²) in [5.74, 6) is -0.196. The van der Waals surface area contributed by atoms with E-state index in [1.807, 2.05) is 0 Å². The van der Waals surface area contributed by atoms with Gasteiger partial charge >= 0.3 is 0 Å². The molecule has 0 aliphatic heterocycles. The minimum Gasteiger partial charge on any atom is -0.492 e. The maximum Gasteiger partial charge on any atom is 0.252 e. The Labute approximate surface area is 135 Å². The average molecular weight is 373 g/mol. The van der Waals surface area contributed by atoms with Gasteiger partial charge in [0.2, 0.25) is 0 Å². The zero-order chi connectivity index (χ0) is 15.2. The van der Waals surface area contributed by atoms with Crippen molar-refractivity contribution in [1.82, 2.24) is 5.32 Å². The van der Waals surface area contributed by atoms with Crippen LogP contribution in [0.15, 0.2) is 46.9 Å². The smallest absolute Gasteiger partial charge is 0.252 e. The molecule has 110 valence electrons. The summed E-state index contributed by atoms with van der Waals surface area (Å²) in [6, 6.07) is 10.9. The Morgan fingerprint density at radius 2 is 2.10 bits per heavy atom. The van der Waals surface area contributed by atoms with Crippen molar-refractivity contribution < 1.29 is 13.9 Å². The molecule has 0 unspecified atom stereocenters. The van der Waals surface area contributed by atoms with Crippen molar-refractivity contribution in [1.29, 1.82) is 0 Å². The molecule has 1 N–H and O–H groups in total. The fourth-order valence-corrected chi connectivity index (χ4v) is 2.26. The van der Waals surface area contributed by atoms with E-state index in [0.29, 0.717) is 28.4 Å². The molecule has 0 aliphatic carbocycles. The van der Waals surface area contributed by atoms with Crippen molar-refractivity contribution in [2.24, 2.45) is 0 Å². The van der Waals surface area contributed by atoms with E-state index in [9.17, 15) is 9.18 Å². The molecule has 0 aromatic heterocycles. The number of hydrogen-bond donors (Lipinski definition) is 1. The van der Waals surface area contributed by atoms with E-state index in [2.05, 4.69) is 21.2 Å². The average Bonchev–Trinajstić information content (AvgIpc) is 2.46. The van der Waals surface area contributed by atoms with Crippen LogP contribution in [0.3, 0.4) is 0 Å². The molecule has 0 atom stereocenters. The number of carbonyl (C=O) groups excluding carboxylic acids is 1. The zero-order valence-corrected chi connectivity index (χ0v) is 13.2. The van der Waals surface area contributed by atoms with Crippen LogP contribution < -0.4 is 10.1 Å². The molecule has 0 radical (unpaired) electrons. The SMILES string of the molecule is O=C(NCCOc1cccc(Cl)c1)c1cc(F)ccc1Br. The van der Waals surface area contributed by atoms with Gasteiger partial charge in [0.1, 0.15) is 18.2 Å². The molecule has 6 heteroatoms. The van der Waals surface area contributed by atoms with Gasteiger partial charge in [0.25, 0.3) is 5.91 Å². The molecule has 2 aromatic carbocycles. The number of carbonyl (C=O) groups is 1. The molecule has 1 amide bonds. The maximum atomic E-state index is 13.1. The third kappa shape index (κ3) is 4.72. The standard InChI is InChI=1S/C15H12BrClFNO2/c16-14-5-4-11(18)9-13(14)15(20)19-6-7-21-12-3-1-2-10(17)8-12/h1-5,8-9H,6-7H2,(H,19,20). The van der Waals surface area contributed by atoms with Crippen LogP contribution in [0.2, 0.25) is 5.02 Å². The molecule has 2 rings (SSSR count).